The summed E-state index contributed by atoms with van der Waals surface area (Å²) in [7, 11) is 2.24. The Morgan fingerprint density at radius 2 is 2.41 bits per heavy atom. The number of nitrogens with zero attached hydrogens (tertiary/aromatic N) is 2. The van der Waals surface area contributed by atoms with Crippen LogP contribution in [0, 0.1) is 5.92 Å². The number of thiazole rings is 1. The van der Waals surface area contributed by atoms with Crippen molar-refractivity contribution < 1.29 is 0 Å². The van der Waals surface area contributed by atoms with Crippen LogP contribution in [0.2, 0.25) is 0 Å². The van der Waals surface area contributed by atoms with Gasteiger partial charge >= 0.3 is 0 Å². The minimum absolute atomic E-state index is 0.558. The molecule has 1 saturated heterocycles. The van der Waals surface area contributed by atoms with Crippen molar-refractivity contribution in [2.24, 2.45) is 5.92 Å². The Morgan fingerprint density at radius 1 is 1.59 bits per heavy atom. The summed E-state index contributed by atoms with van der Waals surface area (Å²) < 4.78 is 0. The highest BCUT2D eigenvalue weighted by Crippen LogP contribution is 2.36. The first-order valence-electron chi connectivity index (χ1n) is 6.50. The quantitative estimate of drug-likeness (QED) is 0.894. The number of nitrogens with one attached hydrogen (secondary N) is 1. The molecule has 0 amide bonds. The lowest BCUT2D eigenvalue weighted by Crippen LogP contribution is -2.41. The summed E-state index contributed by atoms with van der Waals surface area (Å²) in [5, 5.41) is 3.59. The third-order valence-electron chi connectivity index (χ3n) is 3.54. The molecule has 1 aliphatic rings. The van der Waals surface area contributed by atoms with Crippen molar-refractivity contribution in [3.63, 3.8) is 0 Å². The zero-order valence-electron chi connectivity index (χ0n) is 11.0. The van der Waals surface area contributed by atoms with Crippen molar-refractivity contribution in [2.45, 2.75) is 38.8 Å². The van der Waals surface area contributed by atoms with Crippen molar-refractivity contribution in [1.82, 2.24) is 15.2 Å². The molecule has 0 saturated carbocycles. The van der Waals surface area contributed by atoms with Crippen molar-refractivity contribution in [1.29, 1.82) is 0 Å². The predicted molar refractivity (Wildman–Crippen MR) is 73.3 cm³/mol. The molecule has 0 aromatic carbocycles. The Bertz CT molecular complexity index is 323. The third-order valence-corrected chi connectivity index (χ3v) is 4.38. The van der Waals surface area contributed by atoms with Crippen LogP contribution in [0.4, 0.5) is 0 Å². The fourth-order valence-electron chi connectivity index (χ4n) is 2.68. The summed E-state index contributed by atoms with van der Waals surface area (Å²) in [5.74, 6) is 0.719. The molecule has 0 aliphatic carbocycles. The number of hydrogen-bond acceptors (Lipinski definition) is 4. The molecule has 2 rings (SSSR count). The Balaban J connectivity index is 2.06. The van der Waals surface area contributed by atoms with Gasteiger partial charge in [0.25, 0.3) is 0 Å². The largest absolute Gasteiger partial charge is 0.314 e. The van der Waals surface area contributed by atoms with E-state index in [-0.39, 0.29) is 0 Å². The summed E-state index contributed by atoms with van der Waals surface area (Å²) in [6.45, 7) is 6.76. The third kappa shape index (κ3) is 3.27. The Morgan fingerprint density at radius 3 is 3.06 bits per heavy atom. The van der Waals surface area contributed by atoms with Gasteiger partial charge in [-0.3, -0.25) is 9.88 Å². The molecule has 2 atom stereocenters. The van der Waals surface area contributed by atoms with Crippen LogP contribution in [0.3, 0.4) is 0 Å². The highest BCUT2D eigenvalue weighted by atomic mass is 32.1. The summed E-state index contributed by atoms with van der Waals surface area (Å²) in [6.07, 6.45) is 4.68. The lowest BCUT2D eigenvalue weighted by atomic mass is 9.88. The molecule has 17 heavy (non-hydrogen) atoms. The van der Waals surface area contributed by atoms with Gasteiger partial charge in [0, 0.05) is 29.7 Å². The number of piperidine rings is 1. The summed E-state index contributed by atoms with van der Waals surface area (Å²) >= 11 is 1.79. The molecule has 1 fully saturated rings. The van der Waals surface area contributed by atoms with Crippen LogP contribution in [0.1, 0.15) is 37.6 Å². The molecule has 96 valence electrons. The number of rotatable bonds is 4. The minimum atomic E-state index is 0.558. The van der Waals surface area contributed by atoms with Gasteiger partial charge in [0.2, 0.25) is 0 Å². The molecule has 4 heteroatoms. The first kappa shape index (κ1) is 13.0. The van der Waals surface area contributed by atoms with E-state index in [1.54, 1.807) is 11.3 Å². The van der Waals surface area contributed by atoms with E-state index in [0.717, 1.165) is 12.5 Å². The van der Waals surface area contributed by atoms with Gasteiger partial charge in [-0.2, -0.15) is 0 Å². The van der Waals surface area contributed by atoms with Crippen LogP contribution in [0.5, 0.6) is 0 Å². The van der Waals surface area contributed by atoms with E-state index in [9.17, 15) is 0 Å². The smallest absolute Gasteiger partial charge is 0.0794 e. The molecule has 3 nitrogen and oxygen atoms in total. The number of aromatic nitrogens is 1. The fraction of sp³-hybridized carbons (Fsp3) is 0.769. The van der Waals surface area contributed by atoms with Crippen LogP contribution in [0.15, 0.2) is 11.7 Å². The van der Waals surface area contributed by atoms with Gasteiger partial charge in [-0.05, 0) is 32.4 Å². The van der Waals surface area contributed by atoms with Gasteiger partial charge in [0.05, 0.1) is 5.51 Å². The van der Waals surface area contributed by atoms with E-state index in [1.165, 1.54) is 24.3 Å². The highest BCUT2D eigenvalue weighted by molar-refractivity contribution is 7.09. The van der Waals surface area contributed by atoms with E-state index in [2.05, 4.69) is 36.1 Å². The van der Waals surface area contributed by atoms with Gasteiger partial charge in [0.15, 0.2) is 0 Å². The molecule has 0 bridgehead atoms. The first-order valence-corrected chi connectivity index (χ1v) is 7.38. The van der Waals surface area contributed by atoms with Crippen molar-refractivity contribution in [2.75, 3.05) is 20.1 Å². The SMILES string of the molecule is CC(C)NCC1CCCN(C)C1c1cncs1. The second-order valence-corrected chi connectivity index (χ2v) is 6.21. The second kappa shape index (κ2) is 5.94. The fourth-order valence-corrected chi connectivity index (χ4v) is 3.56. The average molecular weight is 253 g/mol. The van der Waals surface area contributed by atoms with E-state index >= 15 is 0 Å². The van der Waals surface area contributed by atoms with E-state index in [0.29, 0.717) is 12.1 Å². The van der Waals surface area contributed by atoms with Gasteiger partial charge in [-0.15, -0.1) is 11.3 Å². The normalized spacial score (nSPS) is 26.6. The monoisotopic (exact) mass is 253 g/mol. The Kier molecular flexibility index (Phi) is 4.54. The molecule has 0 spiro atoms. The molecule has 2 heterocycles. The van der Waals surface area contributed by atoms with Crippen LogP contribution < -0.4 is 5.32 Å². The molecular weight excluding hydrogens is 230 g/mol. The van der Waals surface area contributed by atoms with Crippen molar-refractivity contribution in [3.05, 3.63) is 16.6 Å². The number of likely N-dealkylation sites (tertiary alicyclic amines) is 1. The van der Waals surface area contributed by atoms with Crippen LogP contribution >= 0.6 is 11.3 Å². The maximum absolute atomic E-state index is 4.23. The summed E-state index contributed by atoms with van der Waals surface area (Å²) in [4.78, 5) is 8.14. The average Bonchev–Trinajstić information content (AvgIpc) is 2.79. The molecule has 0 radical (unpaired) electrons. The lowest BCUT2D eigenvalue weighted by molar-refractivity contribution is 0.120. The Labute approximate surface area is 108 Å². The van der Waals surface area contributed by atoms with Gasteiger partial charge < -0.3 is 5.32 Å². The number of hydrogen-bond donors (Lipinski definition) is 1. The molecule has 1 aromatic rings. The minimum Gasteiger partial charge on any atom is -0.314 e. The van der Waals surface area contributed by atoms with Crippen LogP contribution in [-0.4, -0.2) is 36.1 Å². The van der Waals surface area contributed by atoms with E-state index in [4.69, 9.17) is 0 Å². The van der Waals surface area contributed by atoms with E-state index in [1.807, 2.05) is 11.7 Å². The maximum atomic E-state index is 4.23. The maximum Gasteiger partial charge on any atom is 0.0794 e. The van der Waals surface area contributed by atoms with Gasteiger partial charge in [-0.25, -0.2) is 0 Å². The van der Waals surface area contributed by atoms with Crippen LogP contribution in [-0.2, 0) is 0 Å². The summed E-state index contributed by atoms with van der Waals surface area (Å²) in [6, 6.07) is 1.13. The Hall–Kier alpha value is -0.450. The zero-order chi connectivity index (χ0) is 12.3. The lowest BCUT2D eigenvalue weighted by Gasteiger charge is -2.39. The molecule has 1 aromatic heterocycles. The predicted octanol–water partition coefficient (Wildman–Crippen LogP) is 2.52. The standard InChI is InChI=1S/C13H23N3S/c1-10(2)15-7-11-5-4-6-16(3)13(11)12-8-14-9-17-12/h8-11,13,15H,4-7H2,1-3H3. The van der Waals surface area contributed by atoms with E-state index < -0.39 is 0 Å². The first-order chi connectivity index (χ1) is 8.18. The second-order valence-electron chi connectivity index (χ2n) is 5.29. The molecular formula is C13H23N3S. The van der Waals surface area contributed by atoms with Crippen molar-refractivity contribution in [3.8, 4) is 0 Å². The topological polar surface area (TPSA) is 28.2 Å². The molecule has 1 N–H and O–H groups in total. The molecule has 2 unspecified atom stereocenters. The van der Waals surface area contributed by atoms with Gasteiger partial charge in [0.1, 0.15) is 0 Å². The summed E-state index contributed by atoms with van der Waals surface area (Å²) in [5.41, 5.74) is 1.95. The van der Waals surface area contributed by atoms with Crippen LogP contribution in [0.25, 0.3) is 0 Å². The van der Waals surface area contributed by atoms with Gasteiger partial charge in [-0.1, -0.05) is 13.8 Å². The van der Waals surface area contributed by atoms with Crippen molar-refractivity contribution >= 4 is 11.3 Å². The zero-order valence-corrected chi connectivity index (χ0v) is 11.8. The molecule has 1 aliphatic heterocycles. The highest BCUT2D eigenvalue weighted by Gasteiger charge is 2.31.